The van der Waals surface area contributed by atoms with Gasteiger partial charge < -0.3 is 5.73 Å². The maximum Gasteiger partial charge on any atom is 0.0357 e. The molecule has 2 N–H and O–H groups in total. The smallest absolute Gasteiger partial charge is 0.0357 e. The van der Waals surface area contributed by atoms with E-state index in [-0.39, 0.29) is 0 Å². The molecule has 3 unspecified atom stereocenters. The lowest BCUT2D eigenvalue weighted by atomic mass is 9.72. The van der Waals surface area contributed by atoms with Gasteiger partial charge in [-0.3, -0.25) is 4.90 Å². The Kier molecular flexibility index (Phi) is 4.20. The maximum atomic E-state index is 6.16. The zero-order valence-corrected chi connectivity index (χ0v) is 11.6. The molecule has 2 nitrogen and oxygen atoms in total. The van der Waals surface area contributed by atoms with Crippen molar-refractivity contribution in [2.45, 2.75) is 50.3 Å². The molecule has 0 spiro atoms. The molecule has 1 heterocycles. The Bertz CT molecular complexity index is 234. The fourth-order valence-corrected chi connectivity index (χ4v) is 4.54. The van der Waals surface area contributed by atoms with E-state index in [1.807, 2.05) is 0 Å². The van der Waals surface area contributed by atoms with Gasteiger partial charge in [0, 0.05) is 36.2 Å². The van der Waals surface area contributed by atoms with Crippen LogP contribution < -0.4 is 5.73 Å². The molecule has 16 heavy (non-hydrogen) atoms. The van der Waals surface area contributed by atoms with Crippen molar-refractivity contribution >= 4 is 11.8 Å². The van der Waals surface area contributed by atoms with Crippen LogP contribution in [0, 0.1) is 5.92 Å². The monoisotopic (exact) mass is 242 g/mol. The third-order valence-electron chi connectivity index (χ3n) is 4.64. The third-order valence-corrected chi connectivity index (χ3v) is 5.77. The van der Waals surface area contributed by atoms with Crippen molar-refractivity contribution in [2.24, 2.45) is 11.7 Å². The van der Waals surface area contributed by atoms with E-state index in [0.29, 0.717) is 5.54 Å². The summed E-state index contributed by atoms with van der Waals surface area (Å²) in [5.74, 6) is 2.07. The first kappa shape index (κ1) is 12.7. The molecule has 3 heteroatoms. The Morgan fingerprint density at radius 1 is 1.38 bits per heavy atom. The highest BCUT2D eigenvalue weighted by Gasteiger charge is 2.43. The average Bonchev–Trinajstić information content (AvgIpc) is 2.30. The molecular formula is C13H26N2S. The zero-order valence-electron chi connectivity index (χ0n) is 10.7. The topological polar surface area (TPSA) is 29.3 Å². The second-order valence-corrected chi connectivity index (χ2v) is 7.13. The van der Waals surface area contributed by atoms with Gasteiger partial charge in [-0.05, 0) is 18.8 Å². The van der Waals surface area contributed by atoms with E-state index in [9.17, 15) is 0 Å². The highest BCUT2D eigenvalue weighted by molar-refractivity contribution is 7.99. The van der Waals surface area contributed by atoms with Crippen molar-refractivity contribution < 1.29 is 0 Å². The van der Waals surface area contributed by atoms with Crippen LogP contribution in [-0.4, -0.2) is 41.1 Å². The molecule has 3 atom stereocenters. The minimum absolute atomic E-state index is 0.327. The van der Waals surface area contributed by atoms with Crippen LogP contribution in [0.25, 0.3) is 0 Å². The van der Waals surface area contributed by atoms with Gasteiger partial charge in [-0.15, -0.1) is 0 Å². The minimum Gasteiger partial charge on any atom is -0.329 e. The van der Waals surface area contributed by atoms with Gasteiger partial charge in [0.15, 0.2) is 0 Å². The second-order valence-electron chi connectivity index (χ2n) is 5.58. The summed E-state index contributed by atoms with van der Waals surface area (Å²) in [6, 6.07) is 0. The summed E-state index contributed by atoms with van der Waals surface area (Å²) in [5, 5.41) is 0.784. The Hall–Kier alpha value is 0.270. The first-order chi connectivity index (χ1) is 7.69. The lowest BCUT2D eigenvalue weighted by Gasteiger charge is -2.52. The average molecular weight is 242 g/mol. The van der Waals surface area contributed by atoms with Crippen molar-refractivity contribution in [3.8, 4) is 0 Å². The van der Waals surface area contributed by atoms with E-state index < -0.39 is 0 Å². The van der Waals surface area contributed by atoms with Gasteiger partial charge in [-0.1, -0.05) is 26.7 Å². The molecule has 1 aliphatic heterocycles. The Morgan fingerprint density at radius 3 is 2.81 bits per heavy atom. The molecule has 1 saturated carbocycles. The van der Waals surface area contributed by atoms with Gasteiger partial charge >= 0.3 is 0 Å². The molecule has 1 aliphatic carbocycles. The van der Waals surface area contributed by atoms with Gasteiger partial charge in [-0.2, -0.15) is 11.8 Å². The van der Waals surface area contributed by atoms with Crippen LogP contribution in [-0.2, 0) is 0 Å². The number of nitrogens with zero attached hydrogens (tertiary/aromatic N) is 1. The molecule has 2 fully saturated rings. The SMILES string of the molecule is CC1CN(C2(CN)CCCCC2C)CCS1. The number of hydrogen-bond donors (Lipinski definition) is 1. The standard InChI is InChI=1S/C13H26N2S/c1-11-5-3-4-6-13(11,10-14)15-7-8-16-12(2)9-15/h11-12H,3-10,14H2,1-2H3. The van der Waals surface area contributed by atoms with Crippen LogP contribution >= 0.6 is 11.8 Å². The van der Waals surface area contributed by atoms with Gasteiger partial charge in [-0.25, -0.2) is 0 Å². The third kappa shape index (κ3) is 2.27. The lowest BCUT2D eigenvalue weighted by molar-refractivity contribution is 0.0165. The quantitative estimate of drug-likeness (QED) is 0.806. The molecule has 94 valence electrons. The lowest BCUT2D eigenvalue weighted by Crippen LogP contribution is -2.62. The summed E-state index contributed by atoms with van der Waals surface area (Å²) >= 11 is 2.11. The number of hydrogen-bond acceptors (Lipinski definition) is 3. The van der Waals surface area contributed by atoms with E-state index in [1.54, 1.807) is 0 Å². The van der Waals surface area contributed by atoms with E-state index in [0.717, 1.165) is 17.7 Å². The molecule has 2 aliphatic rings. The fourth-order valence-electron chi connectivity index (χ4n) is 3.52. The van der Waals surface area contributed by atoms with Crippen LogP contribution in [0.2, 0.25) is 0 Å². The van der Waals surface area contributed by atoms with E-state index in [2.05, 4.69) is 30.5 Å². The van der Waals surface area contributed by atoms with Crippen LogP contribution in [0.1, 0.15) is 39.5 Å². The van der Waals surface area contributed by atoms with Gasteiger partial charge in [0.05, 0.1) is 0 Å². The fraction of sp³-hybridized carbons (Fsp3) is 1.00. The van der Waals surface area contributed by atoms with Crippen LogP contribution in [0.4, 0.5) is 0 Å². The van der Waals surface area contributed by atoms with Gasteiger partial charge in [0.25, 0.3) is 0 Å². The molecule has 1 saturated heterocycles. The predicted octanol–water partition coefficient (Wildman–Crippen LogP) is 2.33. The summed E-state index contributed by atoms with van der Waals surface area (Å²) in [7, 11) is 0. The number of thioether (sulfide) groups is 1. The maximum absolute atomic E-state index is 6.16. The van der Waals surface area contributed by atoms with Crippen molar-refractivity contribution in [2.75, 3.05) is 25.4 Å². The number of nitrogens with two attached hydrogens (primary N) is 1. The predicted molar refractivity (Wildman–Crippen MR) is 72.9 cm³/mol. The van der Waals surface area contributed by atoms with Crippen LogP contribution in [0.15, 0.2) is 0 Å². The Balaban J connectivity index is 2.12. The van der Waals surface area contributed by atoms with E-state index in [1.165, 1.54) is 44.5 Å². The van der Waals surface area contributed by atoms with E-state index >= 15 is 0 Å². The van der Waals surface area contributed by atoms with Gasteiger partial charge in [0.1, 0.15) is 0 Å². The van der Waals surface area contributed by atoms with Crippen molar-refractivity contribution in [1.82, 2.24) is 4.90 Å². The largest absolute Gasteiger partial charge is 0.329 e. The molecular weight excluding hydrogens is 216 g/mol. The Labute approximate surface area is 104 Å². The summed E-state index contributed by atoms with van der Waals surface area (Å²) in [4.78, 5) is 2.72. The normalized spacial score (nSPS) is 42.2. The van der Waals surface area contributed by atoms with E-state index in [4.69, 9.17) is 5.73 Å². The highest BCUT2D eigenvalue weighted by atomic mass is 32.2. The van der Waals surface area contributed by atoms with Crippen molar-refractivity contribution in [1.29, 1.82) is 0 Å². The van der Waals surface area contributed by atoms with Crippen LogP contribution in [0.3, 0.4) is 0 Å². The van der Waals surface area contributed by atoms with Crippen molar-refractivity contribution in [3.05, 3.63) is 0 Å². The molecule has 0 aromatic heterocycles. The number of rotatable bonds is 2. The first-order valence-corrected chi connectivity index (χ1v) is 7.80. The Morgan fingerprint density at radius 2 is 2.19 bits per heavy atom. The summed E-state index contributed by atoms with van der Waals surface area (Å²) < 4.78 is 0. The van der Waals surface area contributed by atoms with Gasteiger partial charge in [0.2, 0.25) is 0 Å². The molecule has 0 aromatic rings. The highest BCUT2D eigenvalue weighted by Crippen LogP contribution is 2.39. The van der Waals surface area contributed by atoms with Crippen LogP contribution in [0.5, 0.6) is 0 Å². The minimum atomic E-state index is 0.327. The molecule has 0 bridgehead atoms. The zero-order chi connectivity index (χ0) is 11.6. The molecule has 0 amide bonds. The molecule has 0 radical (unpaired) electrons. The van der Waals surface area contributed by atoms with Crippen molar-refractivity contribution in [3.63, 3.8) is 0 Å². The first-order valence-electron chi connectivity index (χ1n) is 6.76. The molecule has 0 aromatic carbocycles. The summed E-state index contributed by atoms with van der Waals surface area (Å²) in [5.41, 5.74) is 6.48. The molecule has 2 rings (SSSR count). The summed E-state index contributed by atoms with van der Waals surface area (Å²) in [6.07, 6.45) is 5.47. The second kappa shape index (κ2) is 5.28. The summed E-state index contributed by atoms with van der Waals surface area (Å²) in [6.45, 7) is 8.11.